The fourth-order valence-corrected chi connectivity index (χ4v) is 9.60. The topological polar surface area (TPSA) is 41.5 Å². The van der Waals surface area contributed by atoms with Gasteiger partial charge in [0.05, 0.1) is 12.2 Å². The van der Waals surface area contributed by atoms with Gasteiger partial charge >= 0.3 is 0 Å². The zero-order valence-electron chi connectivity index (χ0n) is 22.1. The number of nitrogens with one attached hydrogen (secondary N) is 1. The van der Waals surface area contributed by atoms with Crippen molar-refractivity contribution in [3.8, 4) is 0 Å². The minimum Gasteiger partial charge on any atom is -0.387 e. The lowest BCUT2D eigenvalue weighted by atomic mass is 9.48. The summed E-state index contributed by atoms with van der Waals surface area (Å²) in [5.41, 5.74) is 1.32. The van der Waals surface area contributed by atoms with Crippen molar-refractivity contribution in [2.75, 3.05) is 13.2 Å². The van der Waals surface area contributed by atoms with Crippen LogP contribution in [0.5, 0.6) is 0 Å². The average Bonchev–Trinajstić information content (AvgIpc) is 3.20. The van der Waals surface area contributed by atoms with E-state index in [-0.39, 0.29) is 0 Å². The molecule has 0 radical (unpaired) electrons. The molecular formula is C31H49NO2. The van der Waals surface area contributed by atoms with E-state index in [0.717, 1.165) is 42.4 Å². The van der Waals surface area contributed by atoms with Gasteiger partial charge in [0, 0.05) is 18.7 Å². The minimum atomic E-state index is -0.567. The normalized spacial score (nSPS) is 43.4. The van der Waals surface area contributed by atoms with Crippen molar-refractivity contribution in [1.29, 1.82) is 0 Å². The smallest absolute Gasteiger partial charge is 0.0883 e. The number of aliphatic hydroxyl groups is 1. The molecule has 2 N–H and O–H groups in total. The molecule has 1 aromatic carbocycles. The molecule has 34 heavy (non-hydrogen) atoms. The first-order valence-electron chi connectivity index (χ1n) is 14.5. The first-order valence-corrected chi connectivity index (χ1v) is 14.5. The van der Waals surface area contributed by atoms with Gasteiger partial charge in [-0.25, -0.2) is 0 Å². The number of benzene rings is 1. The maximum Gasteiger partial charge on any atom is 0.0883 e. The van der Waals surface area contributed by atoms with Gasteiger partial charge in [0.15, 0.2) is 0 Å². The third-order valence-corrected chi connectivity index (χ3v) is 11.2. The van der Waals surface area contributed by atoms with Gasteiger partial charge < -0.3 is 15.2 Å². The predicted molar refractivity (Wildman–Crippen MR) is 139 cm³/mol. The van der Waals surface area contributed by atoms with E-state index in [2.05, 4.69) is 56.4 Å². The predicted octanol–water partition coefficient (Wildman–Crippen LogP) is 6.76. The molecule has 1 aromatic rings. The summed E-state index contributed by atoms with van der Waals surface area (Å²) in [6.07, 6.45) is 11.5. The molecule has 0 aliphatic heterocycles. The molecule has 0 bridgehead atoms. The fraction of sp³-hybridized carbons (Fsp3) is 0.806. The third kappa shape index (κ3) is 4.50. The molecule has 4 aliphatic carbocycles. The van der Waals surface area contributed by atoms with Crippen LogP contribution in [-0.4, -0.2) is 30.0 Å². The number of ether oxygens (including phenoxy) is 1. The van der Waals surface area contributed by atoms with E-state index in [0.29, 0.717) is 36.6 Å². The van der Waals surface area contributed by atoms with Crippen molar-refractivity contribution in [3.05, 3.63) is 35.9 Å². The van der Waals surface area contributed by atoms with Gasteiger partial charge in [-0.1, -0.05) is 37.3 Å². The molecule has 0 heterocycles. The fourth-order valence-electron chi connectivity index (χ4n) is 9.60. The van der Waals surface area contributed by atoms with E-state index in [1.807, 2.05) is 6.92 Å². The summed E-state index contributed by atoms with van der Waals surface area (Å²) in [5, 5.41) is 15.1. The Morgan fingerprint density at radius 1 is 0.971 bits per heavy atom. The van der Waals surface area contributed by atoms with Crippen LogP contribution in [-0.2, 0) is 4.74 Å². The van der Waals surface area contributed by atoms with E-state index in [9.17, 15) is 5.11 Å². The van der Waals surface area contributed by atoms with E-state index in [4.69, 9.17) is 4.74 Å². The third-order valence-electron chi connectivity index (χ3n) is 11.2. The zero-order valence-corrected chi connectivity index (χ0v) is 22.1. The quantitative estimate of drug-likeness (QED) is 0.465. The Bertz CT molecular complexity index is 813. The average molecular weight is 468 g/mol. The Labute approximate surface area is 208 Å². The van der Waals surface area contributed by atoms with Crippen LogP contribution in [0.15, 0.2) is 30.3 Å². The first-order chi connectivity index (χ1) is 16.3. The highest BCUT2D eigenvalue weighted by Crippen LogP contribution is 2.65. The van der Waals surface area contributed by atoms with Crippen LogP contribution in [0.1, 0.15) is 97.1 Å². The van der Waals surface area contributed by atoms with Crippen LogP contribution in [0, 0.1) is 40.9 Å². The second kappa shape index (κ2) is 9.87. The zero-order chi connectivity index (χ0) is 23.9. The Morgan fingerprint density at radius 2 is 1.74 bits per heavy atom. The summed E-state index contributed by atoms with van der Waals surface area (Å²) >= 11 is 0. The molecule has 190 valence electrons. The molecule has 3 heteroatoms. The SMILES string of the molecule is CCOC[C@@]1(O)CC[C@H]2[C@H](CC[C@@H]3[C@@H]2CC[C@]2(C)C([C@@H](C)N[C@H](C)c4ccccc4)CC[C@@H]32)C1. The maximum atomic E-state index is 11.1. The Balaban J connectivity index is 1.24. The Hall–Kier alpha value is -0.900. The van der Waals surface area contributed by atoms with Crippen molar-refractivity contribution in [1.82, 2.24) is 5.32 Å². The van der Waals surface area contributed by atoms with E-state index < -0.39 is 5.60 Å². The maximum absolute atomic E-state index is 11.1. The van der Waals surface area contributed by atoms with Crippen LogP contribution >= 0.6 is 0 Å². The lowest BCUT2D eigenvalue weighted by Crippen LogP contribution is -2.53. The van der Waals surface area contributed by atoms with Crippen molar-refractivity contribution < 1.29 is 9.84 Å². The van der Waals surface area contributed by atoms with Crippen molar-refractivity contribution in [3.63, 3.8) is 0 Å². The molecule has 4 fully saturated rings. The molecule has 1 unspecified atom stereocenters. The highest BCUT2D eigenvalue weighted by molar-refractivity contribution is 5.18. The highest BCUT2D eigenvalue weighted by atomic mass is 16.5. The van der Waals surface area contributed by atoms with Crippen molar-refractivity contribution in [2.24, 2.45) is 40.9 Å². The Kier molecular flexibility index (Phi) is 7.19. The second-order valence-electron chi connectivity index (χ2n) is 12.9. The van der Waals surface area contributed by atoms with Gasteiger partial charge in [-0.15, -0.1) is 0 Å². The molecule has 0 amide bonds. The summed E-state index contributed by atoms with van der Waals surface area (Å²) in [4.78, 5) is 0. The number of rotatable bonds is 7. The van der Waals surface area contributed by atoms with E-state index >= 15 is 0 Å². The van der Waals surface area contributed by atoms with Gasteiger partial charge in [-0.05, 0) is 125 Å². The molecule has 0 aromatic heterocycles. The molecule has 5 rings (SSSR count). The van der Waals surface area contributed by atoms with Gasteiger partial charge in [-0.3, -0.25) is 0 Å². The van der Waals surface area contributed by atoms with Gasteiger partial charge in [0.2, 0.25) is 0 Å². The molecular weight excluding hydrogens is 418 g/mol. The van der Waals surface area contributed by atoms with E-state index in [1.54, 1.807) is 0 Å². The summed E-state index contributed by atoms with van der Waals surface area (Å²) in [7, 11) is 0. The van der Waals surface area contributed by atoms with Crippen LogP contribution in [0.25, 0.3) is 0 Å². The minimum absolute atomic E-state index is 0.406. The van der Waals surface area contributed by atoms with Gasteiger partial charge in [-0.2, -0.15) is 0 Å². The molecule has 0 saturated heterocycles. The largest absolute Gasteiger partial charge is 0.387 e. The van der Waals surface area contributed by atoms with Gasteiger partial charge in [0.25, 0.3) is 0 Å². The highest BCUT2D eigenvalue weighted by Gasteiger charge is 2.58. The lowest BCUT2D eigenvalue weighted by molar-refractivity contribution is -0.129. The first kappa shape index (κ1) is 24.8. The number of hydrogen-bond donors (Lipinski definition) is 2. The molecule has 0 spiro atoms. The number of fused-ring (bicyclic) bond motifs is 5. The van der Waals surface area contributed by atoms with Crippen LogP contribution in [0.2, 0.25) is 0 Å². The van der Waals surface area contributed by atoms with Crippen LogP contribution < -0.4 is 5.32 Å². The number of hydrogen-bond acceptors (Lipinski definition) is 3. The lowest BCUT2D eigenvalue weighted by Gasteiger charge is -2.57. The second-order valence-corrected chi connectivity index (χ2v) is 12.9. The van der Waals surface area contributed by atoms with Crippen LogP contribution in [0.3, 0.4) is 0 Å². The van der Waals surface area contributed by atoms with Crippen molar-refractivity contribution >= 4 is 0 Å². The van der Waals surface area contributed by atoms with Crippen LogP contribution in [0.4, 0.5) is 0 Å². The molecule has 3 nitrogen and oxygen atoms in total. The molecule has 4 aliphatic rings. The summed E-state index contributed by atoms with van der Waals surface area (Å²) in [5.74, 6) is 5.07. The molecule has 4 saturated carbocycles. The Morgan fingerprint density at radius 3 is 2.50 bits per heavy atom. The molecule has 10 atom stereocenters. The summed E-state index contributed by atoms with van der Waals surface area (Å²) < 4.78 is 5.67. The van der Waals surface area contributed by atoms with E-state index in [1.165, 1.54) is 50.5 Å². The monoisotopic (exact) mass is 467 g/mol. The van der Waals surface area contributed by atoms with Gasteiger partial charge in [0.1, 0.15) is 0 Å². The summed E-state index contributed by atoms with van der Waals surface area (Å²) in [6.45, 7) is 10.7. The standard InChI is InChI=1S/C31H49NO2/c1-5-34-20-31(33)18-16-25-24(19-31)11-12-27-26(25)15-17-30(4)28(13-14-29(27)30)22(3)32-21(2)23-9-7-6-8-10-23/h6-10,21-22,24-29,32-33H,5,11-20H2,1-4H3/t21-,22-,24-,25+,26-,27-,28?,29+,30-,31-/m1/s1. The summed E-state index contributed by atoms with van der Waals surface area (Å²) in [6, 6.07) is 11.9. The van der Waals surface area contributed by atoms with Crippen molar-refractivity contribution in [2.45, 2.75) is 103 Å².